The van der Waals surface area contributed by atoms with Crippen LogP contribution in [0.1, 0.15) is 6.42 Å². The minimum Gasteiger partial charge on any atom is -0.481 e. The van der Waals surface area contributed by atoms with Crippen LogP contribution in [0.15, 0.2) is 42.5 Å². The zero-order valence-electron chi connectivity index (χ0n) is 10.4. The highest BCUT2D eigenvalue weighted by Crippen LogP contribution is 2.26. The maximum atomic E-state index is 10.7. The molecule has 0 aromatic heterocycles. The van der Waals surface area contributed by atoms with E-state index in [4.69, 9.17) is 10.4 Å². The lowest BCUT2D eigenvalue weighted by Crippen LogP contribution is -2.26. The van der Waals surface area contributed by atoms with Crippen LogP contribution in [0.2, 0.25) is 0 Å². The van der Waals surface area contributed by atoms with E-state index in [1.165, 1.54) is 0 Å². The van der Waals surface area contributed by atoms with E-state index >= 15 is 0 Å². The minimum atomic E-state index is -0.858. The van der Waals surface area contributed by atoms with Crippen LogP contribution in [-0.4, -0.2) is 24.2 Å². The van der Waals surface area contributed by atoms with Gasteiger partial charge in [-0.1, -0.05) is 36.4 Å². The first-order valence-electron chi connectivity index (χ1n) is 6.04. The number of carboxylic acids is 1. The number of hydrogen-bond acceptors (Lipinski definition) is 3. The lowest BCUT2D eigenvalue weighted by atomic mass is 10.1. The summed E-state index contributed by atoms with van der Waals surface area (Å²) in [6.07, 6.45) is 0.0188. The first-order valence-corrected chi connectivity index (χ1v) is 6.04. The summed E-state index contributed by atoms with van der Waals surface area (Å²) in [6.45, 7) is 0.512. The quantitative estimate of drug-likeness (QED) is 0.833. The van der Waals surface area contributed by atoms with E-state index in [-0.39, 0.29) is 13.0 Å². The molecule has 0 heterocycles. The highest BCUT2D eigenvalue weighted by atomic mass is 16.4. The van der Waals surface area contributed by atoms with Crippen LogP contribution in [0, 0.1) is 11.3 Å². The molecule has 4 heteroatoms. The summed E-state index contributed by atoms with van der Waals surface area (Å²) in [4.78, 5) is 12.5. The van der Waals surface area contributed by atoms with Crippen molar-refractivity contribution < 1.29 is 9.90 Å². The molecule has 0 spiro atoms. The molecule has 19 heavy (non-hydrogen) atoms. The van der Waals surface area contributed by atoms with Crippen LogP contribution in [0.25, 0.3) is 10.8 Å². The van der Waals surface area contributed by atoms with E-state index in [0.717, 1.165) is 16.5 Å². The topological polar surface area (TPSA) is 64.3 Å². The van der Waals surface area contributed by atoms with E-state index in [0.29, 0.717) is 6.54 Å². The third-order valence-electron chi connectivity index (χ3n) is 2.96. The Morgan fingerprint density at radius 1 is 1.21 bits per heavy atom. The number of hydrogen-bond donors (Lipinski definition) is 1. The van der Waals surface area contributed by atoms with Crippen LogP contribution in [-0.2, 0) is 4.79 Å². The second-order valence-electron chi connectivity index (χ2n) is 4.22. The maximum Gasteiger partial charge on any atom is 0.305 e. The van der Waals surface area contributed by atoms with Gasteiger partial charge in [-0.15, -0.1) is 0 Å². The zero-order valence-corrected chi connectivity index (χ0v) is 10.4. The second-order valence-corrected chi connectivity index (χ2v) is 4.22. The van der Waals surface area contributed by atoms with Gasteiger partial charge in [0.2, 0.25) is 0 Å². The molecule has 1 N–H and O–H groups in total. The Kier molecular flexibility index (Phi) is 3.99. The summed E-state index contributed by atoms with van der Waals surface area (Å²) >= 11 is 0. The highest BCUT2D eigenvalue weighted by molar-refractivity contribution is 5.94. The molecular formula is C15H14N2O2. The summed E-state index contributed by atoms with van der Waals surface area (Å²) in [7, 11) is 0. The number of carbonyl (C=O) groups is 1. The largest absolute Gasteiger partial charge is 0.481 e. The predicted molar refractivity (Wildman–Crippen MR) is 74.0 cm³/mol. The van der Waals surface area contributed by atoms with Gasteiger partial charge in [0.25, 0.3) is 0 Å². The third-order valence-corrected chi connectivity index (χ3v) is 2.96. The van der Waals surface area contributed by atoms with Gasteiger partial charge < -0.3 is 10.0 Å². The molecule has 2 aromatic carbocycles. The average Bonchev–Trinajstić information content (AvgIpc) is 2.43. The van der Waals surface area contributed by atoms with Crippen LogP contribution in [0.5, 0.6) is 0 Å². The molecule has 0 aliphatic carbocycles. The Bertz CT molecular complexity index is 626. The Morgan fingerprint density at radius 3 is 2.68 bits per heavy atom. The van der Waals surface area contributed by atoms with Crippen molar-refractivity contribution in [2.45, 2.75) is 6.42 Å². The monoisotopic (exact) mass is 254 g/mol. The third kappa shape index (κ3) is 3.02. The zero-order chi connectivity index (χ0) is 13.7. The molecule has 2 rings (SSSR count). The Balaban J connectivity index is 2.38. The molecule has 0 saturated carbocycles. The van der Waals surface area contributed by atoms with Crippen molar-refractivity contribution in [1.29, 1.82) is 5.26 Å². The summed E-state index contributed by atoms with van der Waals surface area (Å²) in [5.74, 6) is -0.858. The summed E-state index contributed by atoms with van der Waals surface area (Å²) in [6, 6.07) is 15.8. The lowest BCUT2D eigenvalue weighted by molar-refractivity contribution is -0.136. The van der Waals surface area contributed by atoms with Crippen LogP contribution in [0.3, 0.4) is 0 Å². The molecular weight excluding hydrogens is 240 g/mol. The Morgan fingerprint density at radius 2 is 1.95 bits per heavy atom. The fourth-order valence-electron chi connectivity index (χ4n) is 2.08. The van der Waals surface area contributed by atoms with Gasteiger partial charge in [-0.2, -0.15) is 5.26 Å². The molecule has 0 atom stereocenters. The van der Waals surface area contributed by atoms with Gasteiger partial charge in [-0.05, 0) is 11.5 Å². The van der Waals surface area contributed by atoms with Gasteiger partial charge in [-0.25, -0.2) is 0 Å². The van der Waals surface area contributed by atoms with Crippen molar-refractivity contribution in [2.24, 2.45) is 0 Å². The molecule has 96 valence electrons. The average molecular weight is 254 g/mol. The lowest BCUT2D eigenvalue weighted by Gasteiger charge is -2.22. The highest BCUT2D eigenvalue weighted by Gasteiger charge is 2.11. The maximum absolute atomic E-state index is 10.7. The normalized spacial score (nSPS) is 10.1. The number of rotatable bonds is 5. The van der Waals surface area contributed by atoms with Gasteiger partial charge in [0.15, 0.2) is 0 Å². The number of benzene rings is 2. The van der Waals surface area contributed by atoms with E-state index < -0.39 is 5.97 Å². The fourth-order valence-corrected chi connectivity index (χ4v) is 2.08. The first-order chi connectivity index (χ1) is 9.22. The van der Waals surface area contributed by atoms with Crippen molar-refractivity contribution in [3.05, 3.63) is 42.5 Å². The summed E-state index contributed by atoms with van der Waals surface area (Å²) in [5.41, 5.74) is 0.904. The molecule has 0 amide bonds. The van der Waals surface area contributed by atoms with Gasteiger partial charge in [0.1, 0.15) is 6.54 Å². The van der Waals surface area contributed by atoms with Gasteiger partial charge in [0.05, 0.1) is 12.5 Å². The second kappa shape index (κ2) is 5.87. The minimum absolute atomic E-state index is 0.0188. The van der Waals surface area contributed by atoms with Gasteiger partial charge >= 0.3 is 5.97 Å². The number of carboxylic acid groups (broad SMARTS) is 1. The van der Waals surface area contributed by atoms with Crippen molar-refractivity contribution in [3.63, 3.8) is 0 Å². The number of nitriles is 1. The van der Waals surface area contributed by atoms with E-state index in [2.05, 4.69) is 6.07 Å². The molecule has 0 bridgehead atoms. The van der Waals surface area contributed by atoms with Gasteiger partial charge in [0, 0.05) is 17.6 Å². The fraction of sp³-hybridized carbons (Fsp3) is 0.200. The van der Waals surface area contributed by atoms with E-state index in [1.54, 1.807) is 4.90 Å². The summed E-state index contributed by atoms with van der Waals surface area (Å²) < 4.78 is 0. The van der Waals surface area contributed by atoms with Crippen molar-refractivity contribution in [1.82, 2.24) is 0 Å². The Hall–Kier alpha value is -2.54. The molecule has 2 aromatic rings. The van der Waals surface area contributed by atoms with Crippen molar-refractivity contribution in [2.75, 3.05) is 18.0 Å². The number of anilines is 1. The first kappa shape index (κ1) is 12.9. The molecule has 0 saturated heterocycles. The van der Waals surface area contributed by atoms with Gasteiger partial charge in [-0.3, -0.25) is 4.79 Å². The molecule has 0 aliphatic heterocycles. The van der Waals surface area contributed by atoms with Crippen molar-refractivity contribution >= 4 is 22.4 Å². The summed E-state index contributed by atoms with van der Waals surface area (Å²) in [5, 5.41) is 19.8. The number of fused-ring (bicyclic) bond motifs is 1. The SMILES string of the molecule is N#CCN(CCC(=O)O)c1cccc2ccccc12. The number of nitrogens with zero attached hydrogens (tertiary/aromatic N) is 2. The molecule has 0 radical (unpaired) electrons. The standard InChI is InChI=1S/C15H14N2O2/c16-9-11-17(10-8-15(18)19)14-7-3-5-12-4-1-2-6-13(12)14/h1-7H,8,10-11H2,(H,18,19). The van der Waals surface area contributed by atoms with Crippen LogP contribution >= 0.6 is 0 Å². The van der Waals surface area contributed by atoms with E-state index in [1.807, 2.05) is 42.5 Å². The number of aliphatic carboxylic acids is 1. The molecule has 0 aliphatic rings. The van der Waals surface area contributed by atoms with Crippen LogP contribution < -0.4 is 4.90 Å². The van der Waals surface area contributed by atoms with E-state index in [9.17, 15) is 4.79 Å². The van der Waals surface area contributed by atoms with Crippen LogP contribution in [0.4, 0.5) is 5.69 Å². The smallest absolute Gasteiger partial charge is 0.305 e. The molecule has 0 fully saturated rings. The predicted octanol–water partition coefficient (Wildman–Crippen LogP) is 2.64. The van der Waals surface area contributed by atoms with Crippen molar-refractivity contribution in [3.8, 4) is 6.07 Å². The molecule has 4 nitrogen and oxygen atoms in total. The Labute approximate surface area is 111 Å². The molecule has 0 unspecified atom stereocenters.